The topological polar surface area (TPSA) is 6.48 Å². The van der Waals surface area contributed by atoms with Gasteiger partial charge in [-0.15, -0.1) is 0 Å². The number of hydrogen-bond acceptors (Lipinski definition) is 2. The zero-order valence-electron chi connectivity index (χ0n) is 23.1. The van der Waals surface area contributed by atoms with Crippen LogP contribution in [0.2, 0.25) is 0 Å². The van der Waals surface area contributed by atoms with E-state index in [0.717, 1.165) is 0 Å². The SMILES string of the molecule is c1ccc(C(c2ccccc2)[C@@H]2CCCN2CCCN2CCC[C@H]2C(c2ccccc2)c2ccccc2)cc1. The minimum Gasteiger partial charge on any atom is -0.299 e. The van der Waals surface area contributed by atoms with Gasteiger partial charge in [-0.05, 0) is 80.5 Å². The Bertz CT molecular complexity index is 1080. The molecule has 0 unspecified atom stereocenters. The van der Waals surface area contributed by atoms with Gasteiger partial charge in [0.15, 0.2) is 0 Å². The van der Waals surface area contributed by atoms with Crippen molar-refractivity contribution in [1.82, 2.24) is 9.80 Å². The molecule has 2 aliphatic rings. The molecule has 0 aliphatic carbocycles. The molecule has 0 spiro atoms. The van der Waals surface area contributed by atoms with E-state index in [9.17, 15) is 0 Å². The Morgan fingerprint density at radius 1 is 0.462 bits per heavy atom. The summed E-state index contributed by atoms with van der Waals surface area (Å²) in [5.41, 5.74) is 5.81. The zero-order chi connectivity index (χ0) is 26.3. The predicted molar refractivity (Wildman–Crippen MR) is 163 cm³/mol. The van der Waals surface area contributed by atoms with Crippen molar-refractivity contribution in [1.29, 1.82) is 0 Å². The summed E-state index contributed by atoms with van der Waals surface area (Å²) in [7, 11) is 0. The molecule has 0 N–H and O–H groups in total. The monoisotopic (exact) mass is 514 g/mol. The van der Waals surface area contributed by atoms with Crippen LogP contribution in [0.5, 0.6) is 0 Å². The molecular weight excluding hydrogens is 472 g/mol. The highest BCUT2D eigenvalue weighted by Gasteiger charge is 2.35. The first kappa shape index (κ1) is 26.0. The van der Waals surface area contributed by atoms with E-state index in [2.05, 4.69) is 131 Å². The fourth-order valence-corrected chi connectivity index (χ4v) is 7.41. The highest BCUT2D eigenvalue weighted by Crippen LogP contribution is 2.38. The summed E-state index contributed by atoms with van der Waals surface area (Å²) in [6.07, 6.45) is 6.41. The van der Waals surface area contributed by atoms with Gasteiger partial charge < -0.3 is 0 Å². The molecule has 2 saturated heterocycles. The van der Waals surface area contributed by atoms with E-state index in [1.807, 2.05) is 0 Å². The molecule has 2 fully saturated rings. The van der Waals surface area contributed by atoms with Gasteiger partial charge in [0.05, 0.1) is 0 Å². The second kappa shape index (κ2) is 12.8. The summed E-state index contributed by atoms with van der Waals surface area (Å²) >= 11 is 0. The van der Waals surface area contributed by atoms with Crippen LogP contribution >= 0.6 is 0 Å². The van der Waals surface area contributed by atoms with Crippen LogP contribution in [-0.4, -0.2) is 48.1 Å². The maximum absolute atomic E-state index is 2.81. The minimum atomic E-state index is 0.440. The molecule has 0 bridgehead atoms. The third-order valence-electron chi connectivity index (χ3n) is 9.12. The average Bonchev–Trinajstić information content (AvgIpc) is 3.66. The lowest BCUT2D eigenvalue weighted by molar-refractivity contribution is 0.193. The number of likely N-dealkylation sites (tertiary alicyclic amines) is 2. The predicted octanol–water partition coefficient (Wildman–Crippen LogP) is 7.97. The highest BCUT2D eigenvalue weighted by molar-refractivity contribution is 5.36. The lowest BCUT2D eigenvalue weighted by Gasteiger charge is -2.35. The van der Waals surface area contributed by atoms with E-state index in [1.165, 1.54) is 80.5 Å². The summed E-state index contributed by atoms with van der Waals surface area (Å²) in [4.78, 5) is 5.61. The third kappa shape index (κ3) is 6.03. The standard InChI is InChI=1S/C37H42N2/c1-5-16-30(17-6-1)36(31-18-7-2-8-19-31)34-24-13-26-38(34)28-15-29-39-27-14-25-35(39)37(32-20-9-3-10-21-32)33-22-11-4-12-23-33/h1-12,16-23,34-37H,13-15,24-29H2/t34-,35-/m0/s1. The van der Waals surface area contributed by atoms with Gasteiger partial charge in [0, 0.05) is 23.9 Å². The molecule has 0 amide bonds. The molecule has 2 aliphatic heterocycles. The fourth-order valence-electron chi connectivity index (χ4n) is 7.41. The van der Waals surface area contributed by atoms with Gasteiger partial charge in [0.25, 0.3) is 0 Å². The minimum absolute atomic E-state index is 0.440. The molecule has 2 nitrogen and oxygen atoms in total. The Morgan fingerprint density at radius 2 is 0.769 bits per heavy atom. The summed E-state index contributed by atoms with van der Waals surface area (Å²) in [6, 6.07) is 46.0. The van der Waals surface area contributed by atoms with Gasteiger partial charge in [-0.25, -0.2) is 0 Å². The summed E-state index contributed by atoms with van der Waals surface area (Å²) in [6.45, 7) is 4.82. The lowest BCUT2D eigenvalue weighted by Crippen LogP contribution is -2.39. The highest BCUT2D eigenvalue weighted by atomic mass is 15.2. The maximum Gasteiger partial charge on any atom is 0.0245 e. The van der Waals surface area contributed by atoms with Gasteiger partial charge in [0.1, 0.15) is 0 Å². The van der Waals surface area contributed by atoms with Crippen LogP contribution in [0.4, 0.5) is 0 Å². The molecule has 39 heavy (non-hydrogen) atoms. The summed E-state index contributed by atoms with van der Waals surface area (Å²) in [5.74, 6) is 0.880. The van der Waals surface area contributed by atoms with Crippen LogP contribution < -0.4 is 0 Å². The first-order valence-corrected chi connectivity index (χ1v) is 15.1. The fraction of sp³-hybridized carbons (Fsp3) is 0.351. The van der Waals surface area contributed by atoms with Crippen LogP contribution in [0.25, 0.3) is 0 Å². The lowest BCUT2D eigenvalue weighted by atomic mass is 9.83. The van der Waals surface area contributed by atoms with Crippen LogP contribution in [0.15, 0.2) is 121 Å². The summed E-state index contributed by atoms with van der Waals surface area (Å²) < 4.78 is 0. The van der Waals surface area contributed by atoms with E-state index in [4.69, 9.17) is 0 Å². The number of rotatable bonds is 10. The van der Waals surface area contributed by atoms with Gasteiger partial charge >= 0.3 is 0 Å². The van der Waals surface area contributed by atoms with E-state index in [-0.39, 0.29) is 0 Å². The molecule has 4 aromatic carbocycles. The van der Waals surface area contributed by atoms with Crippen molar-refractivity contribution in [3.8, 4) is 0 Å². The van der Waals surface area contributed by atoms with Crippen molar-refractivity contribution < 1.29 is 0 Å². The molecule has 2 atom stereocenters. The number of hydrogen-bond donors (Lipinski definition) is 0. The maximum atomic E-state index is 2.81. The average molecular weight is 515 g/mol. The molecule has 2 heteroatoms. The van der Waals surface area contributed by atoms with Gasteiger partial charge in [-0.1, -0.05) is 121 Å². The van der Waals surface area contributed by atoms with Crippen LogP contribution in [-0.2, 0) is 0 Å². The molecule has 0 radical (unpaired) electrons. The third-order valence-corrected chi connectivity index (χ3v) is 9.12. The normalized spacial score (nSPS) is 20.3. The van der Waals surface area contributed by atoms with Crippen molar-refractivity contribution in [3.05, 3.63) is 144 Å². The first-order chi connectivity index (χ1) is 19.4. The van der Waals surface area contributed by atoms with E-state index >= 15 is 0 Å². The molecule has 0 aromatic heterocycles. The van der Waals surface area contributed by atoms with Crippen molar-refractivity contribution in [3.63, 3.8) is 0 Å². The van der Waals surface area contributed by atoms with Crippen LogP contribution in [0.1, 0.15) is 66.2 Å². The van der Waals surface area contributed by atoms with Crippen molar-refractivity contribution in [2.24, 2.45) is 0 Å². The van der Waals surface area contributed by atoms with Crippen LogP contribution in [0, 0.1) is 0 Å². The molecular formula is C37H42N2. The van der Waals surface area contributed by atoms with Crippen molar-refractivity contribution in [2.45, 2.75) is 56.0 Å². The van der Waals surface area contributed by atoms with Gasteiger partial charge in [0.2, 0.25) is 0 Å². The Hall–Kier alpha value is -3.20. The van der Waals surface area contributed by atoms with Gasteiger partial charge in [-0.2, -0.15) is 0 Å². The quantitative estimate of drug-likeness (QED) is 0.212. The van der Waals surface area contributed by atoms with Crippen LogP contribution in [0.3, 0.4) is 0 Å². The molecule has 0 saturated carbocycles. The zero-order valence-corrected chi connectivity index (χ0v) is 23.1. The first-order valence-electron chi connectivity index (χ1n) is 15.1. The number of benzene rings is 4. The van der Waals surface area contributed by atoms with E-state index in [0.29, 0.717) is 23.9 Å². The molecule has 200 valence electrons. The smallest absolute Gasteiger partial charge is 0.0245 e. The van der Waals surface area contributed by atoms with Gasteiger partial charge in [-0.3, -0.25) is 9.80 Å². The Labute approximate surface area is 235 Å². The Balaban J connectivity index is 1.16. The second-order valence-corrected chi connectivity index (χ2v) is 11.4. The largest absolute Gasteiger partial charge is 0.299 e. The molecule has 4 aromatic rings. The molecule has 2 heterocycles. The van der Waals surface area contributed by atoms with E-state index < -0.39 is 0 Å². The van der Waals surface area contributed by atoms with E-state index in [1.54, 1.807) is 0 Å². The number of nitrogens with zero attached hydrogens (tertiary/aromatic N) is 2. The summed E-state index contributed by atoms with van der Waals surface area (Å²) in [5, 5.41) is 0. The second-order valence-electron chi connectivity index (χ2n) is 11.4. The van der Waals surface area contributed by atoms with Crippen molar-refractivity contribution >= 4 is 0 Å². The Kier molecular flexibility index (Phi) is 8.53. The Morgan fingerprint density at radius 3 is 1.08 bits per heavy atom. The molecule has 6 rings (SSSR count). The van der Waals surface area contributed by atoms with Crippen molar-refractivity contribution in [2.75, 3.05) is 26.2 Å².